The zero-order valence-electron chi connectivity index (χ0n) is 13.8. The van der Waals surface area contributed by atoms with Crippen LogP contribution in [0.25, 0.3) is 0 Å². The molecule has 1 aromatic heterocycles. The third-order valence-electron chi connectivity index (χ3n) is 5.61. The minimum atomic E-state index is 0. The SMILES string of the molecule is Cl.O=C([C@H]1CC[C@H]2OCCN[C@@H]2C1)N1CCC(n2cnnc2)CC1. The molecule has 0 aromatic carbocycles. The molecule has 1 amide bonds. The molecule has 8 heteroatoms. The molecule has 3 atom stereocenters. The van der Waals surface area contributed by atoms with Crippen molar-refractivity contribution >= 4 is 18.3 Å². The number of ether oxygens (including phenoxy) is 1. The van der Waals surface area contributed by atoms with E-state index in [0.29, 0.717) is 24.1 Å². The number of hydrogen-bond acceptors (Lipinski definition) is 5. The first-order valence-corrected chi connectivity index (χ1v) is 8.79. The largest absolute Gasteiger partial charge is 0.375 e. The van der Waals surface area contributed by atoms with Gasteiger partial charge in [0.05, 0.1) is 12.7 Å². The molecule has 134 valence electrons. The Morgan fingerprint density at radius 1 is 1.12 bits per heavy atom. The summed E-state index contributed by atoms with van der Waals surface area (Å²) < 4.78 is 7.87. The third-order valence-corrected chi connectivity index (χ3v) is 5.61. The minimum absolute atomic E-state index is 0. The highest BCUT2D eigenvalue weighted by Gasteiger charge is 2.38. The van der Waals surface area contributed by atoms with E-state index in [-0.39, 0.29) is 18.3 Å². The molecule has 0 bridgehead atoms. The van der Waals surface area contributed by atoms with Gasteiger partial charge in [-0.1, -0.05) is 0 Å². The normalized spacial score (nSPS) is 31.2. The van der Waals surface area contributed by atoms with Gasteiger partial charge in [-0.15, -0.1) is 22.6 Å². The Kier molecular flexibility index (Phi) is 5.73. The summed E-state index contributed by atoms with van der Waals surface area (Å²) in [7, 11) is 0. The first-order valence-electron chi connectivity index (χ1n) is 8.79. The Morgan fingerprint density at radius 2 is 1.88 bits per heavy atom. The standard InChI is InChI=1S/C16H25N5O2.ClH/c22-16(12-1-2-15-14(9-12)17-5-8-23-15)20-6-3-13(4-7-20)21-10-18-19-11-21;/h10-15,17H,1-9H2;1H/t12-,14+,15+;/m0./s1. The fourth-order valence-electron chi connectivity index (χ4n) is 4.28. The van der Waals surface area contributed by atoms with Gasteiger partial charge in [0, 0.05) is 37.6 Å². The van der Waals surface area contributed by atoms with E-state index in [2.05, 4.69) is 25.0 Å². The predicted molar refractivity (Wildman–Crippen MR) is 91.0 cm³/mol. The quantitative estimate of drug-likeness (QED) is 0.857. The molecular weight excluding hydrogens is 330 g/mol. The molecule has 1 N–H and O–H groups in total. The van der Waals surface area contributed by atoms with Gasteiger partial charge in [-0.05, 0) is 32.1 Å². The molecule has 0 spiro atoms. The number of likely N-dealkylation sites (tertiary alicyclic amines) is 1. The van der Waals surface area contributed by atoms with Crippen LogP contribution in [-0.4, -0.2) is 64.0 Å². The van der Waals surface area contributed by atoms with Gasteiger partial charge in [-0.25, -0.2) is 0 Å². The highest BCUT2D eigenvalue weighted by Crippen LogP contribution is 2.31. The fraction of sp³-hybridized carbons (Fsp3) is 0.812. The predicted octanol–water partition coefficient (Wildman–Crippen LogP) is 1.02. The molecule has 0 radical (unpaired) electrons. The number of nitrogens with one attached hydrogen (secondary N) is 1. The van der Waals surface area contributed by atoms with E-state index >= 15 is 0 Å². The zero-order valence-corrected chi connectivity index (χ0v) is 14.7. The molecule has 2 aliphatic heterocycles. The van der Waals surface area contributed by atoms with E-state index in [4.69, 9.17) is 4.74 Å². The summed E-state index contributed by atoms with van der Waals surface area (Å²) in [6.45, 7) is 3.40. The Balaban J connectivity index is 0.00000169. The van der Waals surface area contributed by atoms with Gasteiger partial charge >= 0.3 is 0 Å². The number of aromatic nitrogens is 3. The smallest absolute Gasteiger partial charge is 0.225 e. The number of carbonyl (C=O) groups is 1. The topological polar surface area (TPSA) is 72.3 Å². The maximum Gasteiger partial charge on any atom is 0.225 e. The Bertz CT molecular complexity index is 533. The second-order valence-electron chi connectivity index (χ2n) is 6.95. The van der Waals surface area contributed by atoms with Gasteiger partial charge in [0.2, 0.25) is 5.91 Å². The Morgan fingerprint density at radius 3 is 2.62 bits per heavy atom. The molecule has 24 heavy (non-hydrogen) atoms. The van der Waals surface area contributed by atoms with E-state index in [1.165, 1.54) is 0 Å². The van der Waals surface area contributed by atoms with E-state index in [1.807, 2.05) is 0 Å². The van der Waals surface area contributed by atoms with Crippen molar-refractivity contribution in [3.63, 3.8) is 0 Å². The number of morpholine rings is 1. The highest BCUT2D eigenvalue weighted by atomic mass is 35.5. The molecule has 0 unspecified atom stereocenters. The van der Waals surface area contributed by atoms with Crippen molar-refractivity contribution in [1.29, 1.82) is 0 Å². The fourth-order valence-corrected chi connectivity index (χ4v) is 4.28. The van der Waals surface area contributed by atoms with Crippen LogP contribution in [0.5, 0.6) is 0 Å². The monoisotopic (exact) mass is 355 g/mol. The number of fused-ring (bicyclic) bond motifs is 1. The second-order valence-corrected chi connectivity index (χ2v) is 6.95. The van der Waals surface area contributed by atoms with Crippen molar-refractivity contribution in [3.05, 3.63) is 12.7 Å². The van der Waals surface area contributed by atoms with Crippen molar-refractivity contribution in [1.82, 2.24) is 25.0 Å². The lowest BCUT2D eigenvalue weighted by Gasteiger charge is -2.41. The van der Waals surface area contributed by atoms with Crippen molar-refractivity contribution in [2.75, 3.05) is 26.2 Å². The van der Waals surface area contributed by atoms with Gasteiger partial charge in [-0.3, -0.25) is 4.79 Å². The highest BCUT2D eigenvalue weighted by molar-refractivity contribution is 5.85. The van der Waals surface area contributed by atoms with Crippen LogP contribution in [0.3, 0.4) is 0 Å². The summed E-state index contributed by atoms with van der Waals surface area (Å²) in [4.78, 5) is 14.9. The molecule has 3 fully saturated rings. The van der Waals surface area contributed by atoms with Gasteiger partial charge < -0.3 is 19.5 Å². The lowest BCUT2D eigenvalue weighted by Crippen LogP contribution is -2.54. The van der Waals surface area contributed by atoms with Crippen LogP contribution in [0.2, 0.25) is 0 Å². The van der Waals surface area contributed by atoms with Crippen molar-refractivity contribution in [2.45, 2.75) is 50.3 Å². The first kappa shape index (κ1) is 17.6. The molecule has 7 nitrogen and oxygen atoms in total. The number of amides is 1. The zero-order chi connectivity index (χ0) is 15.6. The van der Waals surface area contributed by atoms with Crippen LogP contribution in [0.4, 0.5) is 0 Å². The second kappa shape index (κ2) is 7.80. The summed E-state index contributed by atoms with van der Waals surface area (Å²) in [5, 5.41) is 11.3. The summed E-state index contributed by atoms with van der Waals surface area (Å²) in [5.74, 6) is 0.509. The van der Waals surface area contributed by atoms with Crippen molar-refractivity contribution in [2.24, 2.45) is 5.92 Å². The minimum Gasteiger partial charge on any atom is -0.375 e. The lowest BCUT2D eigenvalue weighted by molar-refractivity contribution is -0.140. The van der Waals surface area contributed by atoms with E-state index in [9.17, 15) is 4.79 Å². The number of carbonyl (C=O) groups excluding carboxylic acids is 1. The number of rotatable bonds is 2. The van der Waals surface area contributed by atoms with Crippen LogP contribution in [0.15, 0.2) is 12.7 Å². The van der Waals surface area contributed by atoms with E-state index in [0.717, 1.165) is 58.3 Å². The molecule has 1 saturated carbocycles. The summed E-state index contributed by atoms with van der Waals surface area (Å²) in [6, 6.07) is 0.791. The average Bonchev–Trinajstić information content (AvgIpc) is 3.15. The van der Waals surface area contributed by atoms with Crippen LogP contribution in [0, 0.1) is 5.92 Å². The van der Waals surface area contributed by atoms with Gasteiger partial charge in [0.25, 0.3) is 0 Å². The molecule has 3 aliphatic rings. The Hall–Kier alpha value is -1.18. The van der Waals surface area contributed by atoms with Gasteiger partial charge in [-0.2, -0.15) is 0 Å². The maximum absolute atomic E-state index is 12.8. The van der Waals surface area contributed by atoms with E-state index in [1.54, 1.807) is 12.7 Å². The molecule has 1 aliphatic carbocycles. The summed E-state index contributed by atoms with van der Waals surface area (Å²) in [6.07, 6.45) is 8.74. The van der Waals surface area contributed by atoms with Crippen LogP contribution < -0.4 is 5.32 Å². The van der Waals surface area contributed by atoms with Crippen LogP contribution in [0.1, 0.15) is 38.1 Å². The third kappa shape index (κ3) is 3.58. The van der Waals surface area contributed by atoms with Crippen molar-refractivity contribution in [3.8, 4) is 0 Å². The molecule has 3 heterocycles. The Labute approximate surface area is 148 Å². The number of halogens is 1. The van der Waals surface area contributed by atoms with Crippen LogP contribution >= 0.6 is 12.4 Å². The lowest BCUT2D eigenvalue weighted by atomic mass is 9.82. The van der Waals surface area contributed by atoms with Gasteiger partial charge in [0.15, 0.2) is 0 Å². The van der Waals surface area contributed by atoms with E-state index < -0.39 is 0 Å². The molecular formula is C16H26ClN5O2. The first-order chi connectivity index (χ1) is 11.3. The summed E-state index contributed by atoms with van der Waals surface area (Å²) >= 11 is 0. The molecule has 1 aromatic rings. The number of nitrogens with zero attached hydrogens (tertiary/aromatic N) is 4. The maximum atomic E-state index is 12.8. The average molecular weight is 356 g/mol. The van der Waals surface area contributed by atoms with Crippen molar-refractivity contribution < 1.29 is 9.53 Å². The van der Waals surface area contributed by atoms with Crippen LogP contribution in [-0.2, 0) is 9.53 Å². The number of hydrogen-bond donors (Lipinski definition) is 1. The summed E-state index contributed by atoms with van der Waals surface area (Å²) in [5.41, 5.74) is 0. The molecule has 2 saturated heterocycles. The molecule has 4 rings (SSSR count). The number of piperidine rings is 1. The van der Waals surface area contributed by atoms with Gasteiger partial charge in [0.1, 0.15) is 12.7 Å².